The van der Waals surface area contributed by atoms with Gasteiger partial charge in [0, 0.05) is 5.69 Å². The normalized spacial score (nSPS) is 9.85. The molecule has 2 amide bonds. The highest BCUT2D eigenvalue weighted by Crippen LogP contribution is 2.07. The summed E-state index contributed by atoms with van der Waals surface area (Å²) in [5, 5.41) is 6.40. The Balaban J connectivity index is 1.74. The SMILES string of the molecule is Cc1cc(C(=O)NNC(=O)COc2ccccc2)n[nH]1. The molecule has 0 fully saturated rings. The molecule has 104 valence electrons. The Bertz CT molecular complexity index is 595. The zero-order valence-corrected chi connectivity index (χ0v) is 10.8. The topological polar surface area (TPSA) is 96.1 Å². The highest BCUT2D eigenvalue weighted by Gasteiger charge is 2.10. The fourth-order valence-corrected chi connectivity index (χ4v) is 1.43. The summed E-state index contributed by atoms with van der Waals surface area (Å²) in [7, 11) is 0. The Labute approximate surface area is 115 Å². The number of nitrogens with zero attached hydrogens (tertiary/aromatic N) is 1. The predicted octanol–water partition coefficient (Wildman–Crippen LogP) is 0.558. The van der Waals surface area contributed by atoms with Crippen LogP contribution in [0.4, 0.5) is 0 Å². The van der Waals surface area contributed by atoms with Gasteiger partial charge in [-0.25, -0.2) is 0 Å². The maximum atomic E-state index is 11.6. The molecular formula is C13H14N4O3. The first kappa shape index (κ1) is 13.6. The Morgan fingerprint density at radius 2 is 2.00 bits per heavy atom. The number of hydrogen-bond acceptors (Lipinski definition) is 4. The minimum atomic E-state index is -0.498. The first-order valence-corrected chi connectivity index (χ1v) is 5.94. The minimum Gasteiger partial charge on any atom is -0.484 e. The van der Waals surface area contributed by atoms with Crippen molar-refractivity contribution in [3.8, 4) is 5.75 Å². The number of H-pyrrole nitrogens is 1. The van der Waals surface area contributed by atoms with Crippen molar-refractivity contribution in [2.45, 2.75) is 6.92 Å². The largest absolute Gasteiger partial charge is 0.484 e. The van der Waals surface area contributed by atoms with Gasteiger partial charge >= 0.3 is 0 Å². The van der Waals surface area contributed by atoms with Gasteiger partial charge in [0.1, 0.15) is 5.75 Å². The molecule has 7 heteroatoms. The summed E-state index contributed by atoms with van der Waals surface area (Å²) in [5.41, 5.74) is 5.45. The van der Waals surface area contributed by atoms with Crippen molar-refractivity contribution >= 4 is 11.8 Å². The van der Waals surface area contributed by atoms with Crippen molar-refractivity contribution < 1.29 is 14.3 Å². The average Bonchev–Trinajstić information content (AvgIpc) is 2.90. The molecule has 0 unspecified atom stereocenters. The maximum Gasteiger partial charge on any atom is 0.290 e. The summed E-state index contributed by atoms with van der Waals surface area (Å²) < 4.78 is 5.22. The maximum absolute atomic E-state index is 11.6. The molecule has 0 atom stereocenters. The molecule has 2 rings (SSSR count). The van der Waals surface area contributed by atoms with Crippen molar-refractivity contribution in [1.29, 1.82) is 0 Å². The monoisotopic (exact) mass is 274 g/mol. The quantitative estimate of drug-likeness (QED) is 0.710. The fourth-order valence-electron chi connectivity index (χ4n) is 1.43. The van der Waals surface area contributed by atoms with Gasteiger partial charge in [-0.2, -0.15) is 5.10 Å². The first-order chi connectivity index (χ1) is 9.65. The van der Waals surface area contributed by atoms with Crippen LogP contribution < -0.4 is 15.6 Å². The number of amides is 2. The minimum absolute atomic E-state index is 0.191. The van der Waals surface area contributed by atoms with E-state index in [1.54, 1.807) is 37.3 Å². The Hall–Kier alpha value is -2.83. The number of aromatic nitrogens is 2. The van der Waals surface area contributed by atoms with E-state index >= 15 is 0 Å². The summed E-state index contributed by atoms with van der Waals surface area (Å²) in [4.78, 5) is 23.1. The zero-order chi connectivity index (χ0) is 14.4. The molecule has 1 aromatic carbocycles. The van der Waals surface area contributed by atoms with Crippen molar-refractivity contribution in [3.05, 3.63) is 47.8 Å². The van der Waals surface area contributed by atoms with Crippen LogP contribution in [0.1, 0.15) is 16.2 Å². The number of hydrazine groups is 1. The van der Waals surface area contributed by atoms with E-state index in [4.69, 9.17) is 4.74 Å². The number of rotatable bonds is 4. The van der Waals surface area contributed by atoms with E-state index in [9.17, 15) is 9.59 Å². The highest BCUT2D eigenvalue weighted by molar-refractivity contribution is 5.93. The highest BCUT2D eigenvalue weighted by atomic mass is 16.5. The van der Waals surface area contributed by atoms with Crippen LogP contribution in [0.15, 0.2) is 36.4 Å². The lowest BCUT2D eigenvalue weighted by Gasteiger charge is -2.07. The van der Waals surface area contributed by atoms with E-state index in [0.717, 1.165) is 5.69 Å². The van der Waals surface area contributed by atoms with Crippen LogP contribution in [0.2, 0.25) is 0 Å². The van der Waals surface area contributed by atoms with Gasteiger partial charge in [-0.1, -0.05) is 18.2 Å². The van der Waals surface area contributed by atoms with E-state index in [-0.39, 0.29) is 12.3 Å². The zero-order valence-electron chi connectivity index (χ0n) is 10.8. The molecule has 0 spiro atoms. The lowest BCUT2D eigenvalue weighted by atomic mass is 10.3. The molecule has 0 aliphatic rings. The molecule has 1 heterocycles. The number of nitrogens with one attached hydrogen (secondary N) is 3. The molecule has 0 saturated carbocycles. The molecule has 20 heavy (non-hydrogen) atoms. The molecule has 2 aromatic rings. The number of ether oxygens (including phenoxy) is 1. The molecule has 3 N–H and O–H groups in total. The van der Waals surface area contributed by atoms with E-state index < -0.39 is 11.8 Å². The van der Waals surface area contributed by atoms with Gasteiger partial charge in [0.05, 0.1) is 0 Å². The average molecular weight is 274 g/mol. The number of carbonyl (C=O) groups is 2. The summed E-state index contributed by atoms with van der Waals surface area (Å²) >= 11 is 0. The summed E-state index contributed by atoms with van der Waals surface area (Å²) in [5.74, 6) is -0.381. The Morgan fingerprint density at radius 1 is 1.25 bits per heavy atom. The van der Waals surface area contributed by atoms with Crippen LogP contribution in [0.5, 0.6) is 5.75 Å². The lowest BCUT2D eigenvalue weighted by Crippen LogP contribution is -2.44. The third-order valence-corrected chi connectivity index (χ3v) is 2.37. The third-order valence-electron chi connectivity index (χ3n) is 2.37. The Kier molecular flexibility index (Phi) is 4.33. The number of aryl methyl sites for hydroxylation is 1. The van der Waals surface area contributed by atoms with E-state index in [1.165, 1.54) is 0 Å². The second kappa shape index (κ2) is 6.37. The standard InChI is InChI=1S/C13H14N4O3/c1-9-7-11(15-14-9)13(19)17-16-12(18)8-20-10-5-3-2-4-6-10/h2-7H,8H2,1H3,(H,14,15)(H,16,18)(H,17,19). The van der Waals surface area contributed by atoms with Crippen LogP contribution >= 0.6 is 0 Å². The number of benzene rings is 1. The molecular weight excluding hydrogens is 260 g/mol. The van der Waals surface area contributed by atoms with Gasteiger partial charge in [-0.05, 0) is 25.1 Å². The van der Waals surface area contributed by atoms with Crippen molar-refractivity contribution in [3.63, 3.8) is 0 Å². The molecule has 1 aromatic heterocycles. The van der Waals surface area contributed by atoms with E-state index in [0.29, 0.717) is 5.75 Å². The van der Waals surface area contributed by atoms with Crippen LogP contribution in [-0.4, -0.2) is 28.6 Å². The second-order valence-corrected chi connectivity index (χ2v) is 4.04. The second-order valence-electron chi connectivity index (χ2n) is 4.04. The summed E-state index contributed by atoms with van der Waals surface area (Å²) in [6.45, 7) is 1.58. The van der Waals surface area contributed by atoms with Crippen LogP contribution in [0.3, 0.4) is 0 Å². The lowest BCUT2D eigenvalue weighted by molar-refractivity contribution is -0.123. The summed E-state index contributed by atoms with van der Waals surface area (Å²) in [6, 6.07) is 10.5. The molecule has 0 bridgehead atoms. The fraction of sp³-hybridized carbons (Fsp3) is 0.154. The number of aromatic amines is 1. The molecule has 0 aliphatic carbocycles. The van der Waals surface area contributed by atoms with Crippen molar-refractivity contribution in [1.82, 2.24) is 21.0 Å². The van der Waals surface area contributed by atoms with Gasteiger partial charge < -0.3 is 4.74 Å². The van der Waals surface area contributed by atoms with Gasteiger partial charge in [-0.3, -0.25) is 25.5 Å². The van der Waals surface area contributed by atoms with Crippen molar-refractivity contribution in [2.24, 2.45) is 0 Å². The van der Waals surface area contributed by atoms with E-state index in [1.807, 2.05) is 6.07 Å². The molecule has 7 nitrogen and oxygen atoms in total. The number of carbonyl (C=O) groups excluding carboxylic acids is 2. The van der Waals surface area contributed by atoms with Gasteiger partial charge in [0.25, 0.3) is 11.8 Å². The smallest absolute Gasteiger partial charge is 0.290 e. The molecule has 0 saturated heterocycles. The van der Waals surface area contributed by atoms with Crippen molar-refractivity contribution in [2.75, 3.05) is 6.61 Å². The van der Waals surface area contributed by atoms with Gasteiger partial charge in [0.15, 0.2) is 12.3 Å². The third kappa shape index (κ3) is 3.84. The molecule has 0 radical (unpaired) electrons. The predicted molar refractivity (Wildman–Crippen MR) is 70.9 cm³/mol. The van der Waals surface area contributed by atoms with Crippen LogP contribution in [0.25, 0.3) is 0 Å². The first-order valence-electron chi connectivity index (χ1n) is 5.94. The Morgan fingerprint density at radius 3 is 2.65 bits per heavy atom. The van der Waals surface area contributed by atoms with Gasteiger partial charge in [0.2, 0.25) is 0 Å². The van der Waals surface area contributed by atoms with Crippen LogP contribution in [-0.2, 0) is 4.79 Å². The van der Waals surface area contributed by atoms with Gasteiger partial charge in [-0.15, -0.1) is 0 Å². The number of hydrogen-bond donors (Lipinski definition) is 3. The number of para-hydroxylation sites is 1. The summed E-state index contributed by atoms with van der Waals surface area (Å²) in [6.07, 6.45) is 0. The molecule has 0 aliphatic heterocycles. The van der Waals surface area contributed by atoms with E-state index in [2.05, 4.69) is 21.0 Å². The van der Waals surface area contributed by atoms with Crippen LogP contribution in [0, 0.1) is 6.92 Å².